The van der Waals surface area contributed by atoms with Crippen LogP contribution in [0.5, 0.6) is 0 Å². The lowest BCUT2D eigenvalue weighted by Crippen LogP contribution is -2.44. The van der Waals surface area contributed by atoms with Gasteiger partial charge in [0.05, 0.1) is 0 Å². The minimum atomic E-state index is 0.751. The van der Waals surface area contributed by atoms with Crippen molar-refractivity contribution >= 4 is 5.69 Å². The van der Waals surface area contributed by atoms with Crippen molar-refractivity contribution in [1.29, 1.82) is 0 Å². The molecule has 2 unspecified atom stereocenters. The first-order chi connectivity index (χ1) is 7.86. The van der Waals surface area contributed by atoms with E-state index in [-0.39, 0.29) is 0 Å². The van der Waals surface area contributed by atoms with Gasteiger partial charge >= 0.3 is 0 Å². The highest BCUT2D eigenvalue weighted by Gasteiger charge is 2.28. The average molecular weight is 217 g/mol. The molecule has 2 atom stereocenters. The predicted octanol–water partition coefficient (Wildman–Crippen LogP) is 4.09. The number of para-hydroxylation sites is 1. The molecule has 16 heavy (non-hydrogen) atoms. The molecule has 0 radical (unpaired) electrons. The van der Waals surface area contributed by atoms with E-state index in [2.05, 4.69) is 49.1 Å². The van der Waals surface area contributed by atoms with Crippen molar-refractivity contribution < 1.29 is 0 Å². The summed E-state index contributed by atoms with van der Waals surface area (Å²) in [5.41, 5.74) is 1.41. The molecule has 0 spiro atoms. The zero-order valence-corrected chi connectivity index (χ0v) is 10.5. The van der Waals surface area contributed by atoms with Crippen molar-refractivity contribution in [1.82, 2.24) is 0 Å². The second-order valence-corrected chi connectivity index (χ2v) is 4.82. The molecule has 1 fully saturated rings. The topological polar surface area (TPSA) is 3.24 Å². The minimum absolute atomic E-state index is 0.751. The lowest BCUT2D eigenvalue weighted by atomic mass is 9.85. The van der Waals surface area contributed by atoms with Gasteiger partial charge in [0.2, 0.25) is 0 Å². The van der Waals surface area contributed by atoms with E-state index in [1.807, 2.05) is 0 Å². The van der Waals surface area contributed by atoms with Crippen LogP contribution in [0.2, 0.25) is 0 Å². The molecule has 0 aliphatic carbocycles. The van der Waals surface area contributed by atoms with Gasteiger partial charge in [-0.15, -0.1) is 0 Å². The van der Waals surface area contributed by atoms with Crippen LogP contribution in [-0.4, -0.2) is 12.6 Å². The second-order valence-electron chi connectivity index (χ2n) is 4.82. The molecule has 0 N–H and O–H groups in total. The number of anilines is 1. The zero-order valence-electron chi connectivity index (χ0n) is 10.5. The van der Waals surface area contributed by atoms with E-state index in [1.54, 1.807) is 0 Å². The summed E-state index contributed by atoms with van der Waals surface area (Å²) in [5, 5.41) is 0. The Morgan fingerprint density at radius 2 is 1.88 bits per heavy atom. The quantitative estimate of drug-likeness (QED) is 0.737. The lowest BCUT2D eigenvalue weighted by molar-refractivity contribution is 0.306. The number of rotatable bonds is 3. The van der Waals surface area contributed by atoms with E-state index in [4.69, 9.17) is 0 Å². The third-order valence-corrected chi connectivity index (χ3v) is 3.95. The second kappa shape index (κ2) is 5.38. The summed E-state index contributed by atoms with van der Waals surface area (Å²) >= 11 is 0. The van der Waals surface area contributed by atoms with Crippen molar-refractivity contribution in [2.75, 3.05) is 11.4 Å². The highest BCUT2D eigenvalue weighted by Crippen LogP contribution is 2.31. The molecule has 1 aromatic carbocycles. The Labute approximate surface area is 99.5 Å². The summed E-state index contributed by atoms with van der Waals surface area (Å²) in [4.78, 5) is 2.62. The van der Waals surface area contributed by atoms with Crippen LogP contribution in [0, 0.1) is 5.92 Å². The van der Waals surface area contributed by atoms with Crippen LogP contribution in [0.25, 0.3) is 0 Å². The van der Waals surface area contributed by atoms with E-state index in [0.29, 0.717) is 0 Å². The van der Waals surface area contributed by atoms with E-state index < -0.39 is 0 Å². The highest BCUT2D eigenvalue weighted by molar-refractivity contribution is 5.47. The van der Waals surface area contributed by atoms with E-state index >= 15 is 0 Å². The molecule has 0 aromatic heterocycles. The Balaban J connectivity index is 2.19. The van der Waals surface area contributed by atoms with Crippen LogP contribution in [0.3, 0.4) is 0 Å². The Bertz CT molecular complexity index is 306. The first-order valence-electron chi connectivity index (χ1n) is 6.68. The fourth-order valence-electron chi connectivity index (χ4n) is 3.11. The van der Waals surface area contributed by atoms with Crippen molar-refractivity contribution in [2.45, 2.75) is 45.6 Å². The lowest BCUT2D eigenvalue weighted by Gasteiger charge is -2.42. The Morgan fingerprint density at radius 1 is 1.12 bits per heavy atom. The molecule has 0 bridgehead atoms. The molecule has 1 saturated heterocycles. The van der Waals surface area contributed by atoms with E-state index in [9.17, 15) is 0 Å². The number of benzene rings is 1. The predicted molar refractivity (Wildman–Crippen MR) is 70.9 cm³/mol. The minimum Gasteiger partial charge on any atom is -0.368 e. The van der Waals surface area contributed by atoms with Gasteiger partial charge in [0, 0.05) is 18.3 Å². The first-order valence-corrected chi connectivity index (χ1v) is 6.68. The largest absolute Gasteiger partial charge is 0.368 e. The fourth-order valence-corrected chi connectivity index (χ4v) is 3.11. The molecule has 1 nitrogen and oxygen atoms in total. The number of hydrogen-bond donors (Lipinski definition) is 0. The van der Waals surface area contributed by atoms with Gasteiger partial charge in [0.1, 0.15) is 0 Å². The Hall–Kier alpha value is -0.980. The van der Waals surface area contributed by atoms with Gasteiger partial charge in [-0.2, -0.15) is 0 Å². The van der Waals surface area contributed by atoms with Gasteiger partial charge in [0.15, 0.2) is 0 Å². The van der Waals surface area contributed by atoms with E-state index in [1.165, 1.54) is 37.9 Å². The monoisotopic (exact) mass is 217 g/mol. The maximum Gasteiger partial charge on any atom is 0.0368 e. The third-order valence-electron chi connectivity index (χ3n) is 3.95. The molecule has 1 aliphatic rings. The van der Waals surface area contributed by atoms with Gasteiger partial charge in [-0.05, 0) is 37.3 Å². The van der Waals surface area contributed by atoms with Gasteiger partial charge in [-0.3, -0.25) is 0 Å². The molecule has 1 heterocycles. The van der Waals surface area contributed by atoms with Gasteiger partial charge in [0.25, 0.3) is 0 Å². The maximum absolute atomic E-state index is 2.62. The molecule has 1 heteroatoms. The Kier molecular flexibility index (Phi) is 3.87. The molecule has 0 saturated carbocycles. The average Bonchev–Trinajstić information content (AvgIpc) is 2.38. The van der Waals surface area contributed by atoms with Gasteiger partial charge in [-0.1, -0.05) is 38.5 Å². The summed E-state index contributed by atoms with van der Waals surface area (Å²) in [6.07, 6.45) is 5.36. The summed E-state index contributed by atoms with van der Waals surface area (Å²) in [5.74, 6) is 0.888. The van der Waals surface area contributed by atoms with E-state index in [0.717, 1.165) is 12.0 Å². The molecule has 0 amide bonds. The molecule has 1 aliphatic heterocycles. The molecular weight excluding hydrogens is 194 g/mol. The standard InChI is InChI=1S/C15H23N/c1-3-13-9-8-12-16(15(13)4-2)14-10-6-5-7-11-14/h5-7,10-11,13,15H,3-4,8-9,12H2,1-2H3. The fraction of sp³-hybridized carbons (Fsp3) is 0.600. The van der Waals surface area contributed by atoms with Crippen LogP contribution in [-0.2, 0) is 0 Å². The van der Waals surface area contributed by atoms with Crippen LogP contribution in [0.15, 0.2) is 30.3 Å². The van der Waals surface area contributed by atoms with Crippen LogP contribution in [0.4, 0.5) is 5.69 Å². The normalized spacial score (nSPS) is 25.8. The summed E-state index contributed by atoms with van der Waals surface area (Å²) < 4.78 is 0. The summed E-state index contributed by atoms with van der Waals surface area (Å²) in [6.45, 7) is 5.90. The number of nitrogens with zero attached hydrogens (tertiary/aromatic N) is 1. The van der Waals surface area contributed by atoms with Gasteiger partial charge in [-0.25, -0.2) is 0 Å². The summed E-state index contributed by atoms with van der Waals surface area (Å²) in [6, 6.07) is 11.7. The van der Waals surface area contributed by atoms with Crippen LogP contribution >= 0.6 is 0 Å². The molecule has 88 valence electrons. The smallest absolute Gasteiger partial charge is 0.0368 e. The SMILES string of the molecule is CCC1CCCN(c2ccccc2)C1CC. The first kappa shape index (κ1) is 11.5. The maximum atomic E-state index is 2.62. The van der Waals surface area contributed by atoms with Gasteiger partial charge < -0.3 is 4.90 Å². The number of hydrogen-bond acceptors (Lipinski definition) is 1. The van der Waals surface area contributed by atoms with Crippen LogP contribution in [0.1, 0.15) is 39.5 Å². The zero-order chi connectivity index (χ0) is 11.4. The van der Waals surface area contributed by atoms with Crippen molar-refractivity contribution in [3.63, 3.8) is 0 Å². The van der Waals surface area contributed by atoms with Crippen molar-refractivity contribution in [3.8, 4) is 0 Å². The molecule has 1 aromatic rings. The Morgan fingerprint density at radius 3 is 2.50 bits per heavy atom. The molecule has 2 rings (SSSR count). The highest BCUT2D eigenvalue weighted by atomic mass is 15.2. The summed E-state index contributed by atoms with van der Waals surface area (Å²) in [7, 11) is 0. The molecular formula is C15H23N. The van der Waals surface area contributed by atoms with Crippen LogP contribution < -0.4 is 4.90 Å². The van der Waals surface area contributed by atoms with Crippen molar-refractivity contribution in [3.05, 3.63) is 30.3 Å². The number of piperidine rings is 1. The van der Waals surface area contributed by atoms with Crippen molar-refractivity contribution in [2.24, 2.45) is 5.92 Å². The third kappa shape index (κ3) is 2.23.